The molecule has 0 radical (unpaired) electrons. The van der Waals surface area contributed by atoms with Crippen molar-refractivity contribution in [2.75, 3.05) is 12.3 Å². The molecule has 0 bridgehead atoms. The third kappa shape index (κ3) is 3.14. The highest BCUT2D eigenvalue weighted by atomic mass is 16.2. The normalized spacial score (nSPS) is 12.3. The van der Waals surface area contributed by atoms with Gasteiger partial charge in [-0.2, -0.15) is 10.1 Å². The summed E-state index contributed by atoms with van der Waals surface area (Å²) in [6, 6.07) is 1.60. The van der Waals surface area contributed by atoms with E-state index in [1.807, 2.05) is 26.8 Å². The fraction of sp³-hybridized carbons (Fsp3) is 0.500. The quantitative estimate of drug-likeness (QED) is 0.718. The van der Waals surface area contributed by atoms with Gasteiger partial charge in [-0.3, -0.25) is 14.6 Å². The molecule has 1 atom stereocenters. The molecule has 2 aromatic heterocycles. The van der Waals surface area contributed by atoms with Crippen LogP contribution in [0, 0.1) is 13.8 Å². The van der Waals surface area contributed by atoms with E-state index in [1.54, 1.807) is 4.68 Å². The van der Waals surface area contributed by atoms with Crippen molar-refractivity contribution in [3.63, 3.8) is 0 Å². The smallest absolute Gasteiger partial charge is 0.244 e. The van der Waals surface area contributed by atoms with E-state index in [0.717, 1.165) is 11.4 Å². The van der Waals surface area contributed by atoms with Gasteiger partial charge in [0.05, 0.1) is 5.69 Å². The molecule has 20 heavy (non-hydrogen) atoms. The Kier molecular flexibility index (Phi) is 4.02. The van der Waals surface area contributed by atoms with Gasteiger partial charge < -0.3 is 11.1 Å². The topological polar surface area (TPSA) is 115 Å². The largest absolute Gasteiger partial charge is 0.367 e. The van der Waals surface area contributed by atoms with Gasteiger partial charge in [0.15, 0.2) is 0 Å². The van der Waals surface area contributed by atoms with Gasteiger partial charge in [0.1, 0.15) is 11.9 Å². The Morgan fingerprint density at radius 1 is 1.55 bits per heavy atom. The minimum atomic E-state index is -0.344. The van der Waals surface area contributed by atoms with Crippen LogP contribution in [0.2, 0.25) is 0 Å². The van der Waals surface area contributed by atoms with Crippen LogP contribution in [0.3, 0.4) is 0 Å². The average Bonchev–Trinajstić information content (AvgIpc) is 2.94. The van der Waals surface area contributed by atoms with Crippen molar-refractivity contribution < 1.29 is 4.79 Å². The highest BCUT2D eigenvalue weighted by molar-refractivity contribution is 5.79. The number of amides is 1. The van der Waals surface area contributed by atoms with E-state index in [1.165, 1.54) is 0 Å². The van der Waals surface area contributed by atoms with Crippen LogP contribution in [0.1, 0.15) is 30.2 Å². The Labute approximate surface area is 116 Å². The lowest BCUT2D eigenvalue weighted by atomic mass is 10.3. The molecule has 2 heterocycles. The molecule has 8 nitrogen and oxygen atoms in total. The lowest BCUT2D eigenvalue weighted by Crippen LogP contribution is -2.33. The van der Waals surface area contributed by atoms with E-state index in [4.69, 9.17) is 5.73 Å². The lowest BCUT2D eigenvalue weighted by molar-refractivity contribution is -0.124. The van der Waals surface area contributed by atoms with Gasteiger partial charge in [-0.05, 0) is 26.8 Å². The van der Waals surface area contributed by atoms with Crippen molar-refractivity contribution in [3.05, 3.63) is 23.3 Å². The molecule has 108 valence electrons. The second-order valence-electron chi connectivity index (χ2n) is 4.73. The van der Waals surface area contributed by atoms with Gasteiger partial charge >= 0.3 is 0 Å². The third-order valence-corrected chi connectivity index (χ3v) is 3.00. The minimum absolute atomic E-state index is 0.0799. The van der Waals surface area contributed by atoms with E-state index in [2.05, 4.69) is 25.6 Å². The monoisotopic (exact) mass is 277 g/mol. The van der Waals surface area contributed by atoms with Crippen molar-refractivity contribution in [2.45, 2.75) is 33.2 Å². The molecule has 0 unspecified atom stereocenters. The number of nitrogens with one attached hydrogen (secondary N) is 2. The number of nitrogens with zero attached hydrogens (tertiary/aromatic N) is 4. The predicted molar refractivity (Wildman–Crippen MR) is 73.9 cm³/mol. The fourth-order valence-electron chi connectivity index (χ4n) is 2.02. The number of anilines is 1. The number of H-pyrrole nitrogens is 1. The number of aryl methyl sites for hydroxylation is 2. The van der Waals surface area contributed by atoms with Crippen LogP contribution in [0.5, 0.6) is 0 Å². The second kappa shape index (κ2) is 5.72. The van der Waals surface area contributed by atoms with Gasteiger partial charge in [-0.15, -0.1) is 5.10 Å². The molecule has 0 saturated heterocycles. The molecular formula is C12H19N7O. The molecule has 0 aliphatic carbocycles. The molecule has 0 saturated carbocycles. The number of nitrogens with two attached hydrogens (primary N) is 1. The molecule has 0 aliphatic rings. The van der Waals surface area contributed by atoms with Crippen LogP contribution in [0.25, 0.3) is 0 Å². The van der Waals surface area contributed by atoms with Crippen molar-refractivity contribution in [1.82, 2.24) is 30.3 Å². The first-order chi connectivity index (χ1) is 9.47. The van der Waals surface area contributed by atoms with E-state index < -0.39 is 0 Å². The Morgan fingerprint density at radius 2 is 2.30 bits per heavy atom. The summed E-state index contributed by atoms with van der Waals surface area (Å²) >= 11 is 0. The summed E-state index contributed by atoms with van der Waals surface area (Å²) in [6.07, 6.45) is 0.555. The number of hydrogen-bond acceptors (Lipinski definition) is 5. The zero-order valence-electron chi connectivity index (χ0n) is 11.8. The van der Waals surface area contributed by atoms with Crippen LogP contribution in [-0.2, 0) is 11.2 Å². The van der Waals surface area contributed by atoms with Crippen molar-refractivity contribution in [3.8, 4) is 0 Å². The molecule has 2 rings (SSSR count). The first-order valence-electron chi connectivity index (χ1n) is 6.44. The minimum Gasteiger partial charge on any atom is -0.367 e. The van der Waals surface area contributed by atoms with Crippen molar-refractivity contribution in [1.29, 1.82) is 0 Å². The fourth-order valence-corrected chi connectivity index (χ4v) is 2.02. The highest BCUT2D eigenvalue weighted by Gasteiger charge is 2.17. The summed E-state index contributed by atoms with van der Waals surface area (Å²) in [5.41, 5.74) is 7.27. The number of aromatic amines is 1. The van der Waals surface area contributed by atoms with E-state index in [0.29, 0.717) is 18.8 Å². The summed E-state index contributed by atoms with van der Waals surface area (Å²) in [4.78, 5) is 16.0. The number of carbonyl (C=O) groups excluding carboxylic acids is 1. The zero-order chi connectivity index (χ0) is 14.7. The number of rotatable bonds is 5. The molecule has 1 amide bonds. The van der Waals surface area contributed by atoms with Crippen molar-refractivity contribution >= 4 is 11.9 Å². The van der Waals surface area contributed by atoms with Gasteiger partial charge in [0, 0.05) is 18.7 Å². The lowest BCUT2D eigenvalue weighted by Gasteiger charge is -2.14. The maximum absolute atomic E-state index is 12.1. The summed E-state index contributed by atoms with van der Waals surface area (Å²) in [6.45, 7) is 6.13. The molecule has 0 aliphatic heterocycles. The van der Waals surface area contributed by atoms with Gasteiger partial charge in [-0.1, -0.05) is 0 Å². The molecule has 8 heteroatoms. The Bertz CT molecular complexity index is 601. The molecular weight excluding hydrogens is 258 g/mol. The van der Waals surface area contributed by atoms with Crippen LogP contribution < -0.4 is 11.1 Å². The van der Waals surface area contributed by atoms with Crippen LogP contribution in [-0.4, -0.2) is 37.4 Å². The molecule has 4 N–H and O–H groups in total. The van der Waals surface area contributed by atoms with E-state index in [-0.39, 0.29) is 17.9 Å². The number of carbonyl (C=O) groups is 1. The first-order valence-corrected chi connectivity index (χ1v) is 6.44. The zero-order valence-corrected chi connectivity index (χ0v) is 11.8. The summed E-state index contributed by atoms with van der Waals surface area (Å²) in [7, 11) is 0. The predicted octanol–water partition coefficient (Wildman–Crippen LogP) is 0.120. The first kappa shape index (κ1) is 14.0. The van der Waals surface area contributed by atoms with Crippen molar-refractivity contribution in [2.24, 2.45) is 0 Å². The third-order valence-electron chi connectivity index (χ3n) is 3.00. The van der Waals surface area contributed by atoms with E-state index in [9.17, 15) is 4.79 Å². The van der Waals surface area contributed by atoms with Gasteiger partial charge in [0.25, 0.3) is 0 Å². The van der Waals surface area contributed by atoms with Crippen LogP contribution in [0.4, 0.5) is 5.95 Å². The standard InChI is InChI=1S/C12H19N7O/c1-7-6-8(2)19(18-7)9(3)11(20)14-5-4-10-15-12(13)17-16-10/h6,9H,4-5H2,1-3H3,(H,14,20)(H3,13,15,16,17)/t9-/m0/s1. The maximum Gasteiger partial charge on any atom is 0.244 e. The summed E-state index contributed by atoms with van der Waals surface area (Å²) < 4.78 is 1.72. The molecule has 0 spiro atoms. The number of nitrogen functional groups attached to an aromatic ring is 1. The summed E-state index contributed by atoms with van der Waals surface area (Å²) in [5.74, 6) is 0.785. The second-order valence-corrected chi connectivity index (χ2v) is 4.73. The molecule has 2 aromatic rings. The SMILES string of the molecule is Cc1cc(C)n([C@@H](C)C(=O)NCCc2nc(N)n[nH]2)n1. The van der Waals surface area contributed by atoms with Gasteiger partial charge in [-0.25, -0.2) is 0 Å². The maximum atomic E-state index is 12.1. The number of hydrogen-bond donors (Lipinski definition) is 3. The Balaban J connectivity index is 1.87. The van der Waals surface area contributed by atoms with Crippen LogP contribution in [0.15, 0.2) is 6.07 Å². The van der Waals surface area contributed by atoms with Crippen LogP contribution >= 0.6 is 0 Å². The molecule has 0 aromatic carbocycles. The number of aromatic nitrogens is 5. The highest BCUT2D eigenvalue weighted by Crippen LogP contribution is 2.10. The molecule has 0 fully saturated rings. The summed E-state index contributed by atoms with van der Waals surface area (Å²) in [5, 5.41) is 13.6. The van der Waals surface area contributed by atoms with E-state index >= 15 is 0 Å². The Hall–Kier alpha value is -2.38. The average molecular weight is 277 g/mol. The Morgan fingerprint density at radius 3 is 2.85 bits per heavy atom. The van der Waals surface area contributed by atoms with Gasteiger partial charge in [0.2, 0.25) is 11.9 Å².